The summed E-state index contributed by atoms with van der Waals surface area (Å²) in [6.07, 6.45) is -3.05. The highest BCUT2D eigenvalue weighted by Crippen LogP contribution is 2.52. The Kier molecular flexibility index (Phi) is 6.24. The Morgan fingerprint density at radius 2 is 1.78 bits per heavy atom. The summed E-state index contributed by atoms with van der Waals surface area (Å²) in [6, 6.07) is 4.00. The second kappa shape index (κ2) is 8.92. The molecule has 0 radical (unpaired) electrons. The van der Waals surface area contributed by atoms with Crippen LogP contribution in [-0.2, 0) is 4.74 Å². The number of ether oxygens (including phenoxy) is 2. The van der Waals surface area contributed by atoms with Crippen molar-refractivity contribution < 1.29 is 49.7 Å². The summed E-state index contributed by atoms with van der Waals surface area (Å²) < 4.78 is 11.9. The van der Waals surface area contributed by atoms with Gasteiger partial charge >= 0.3 is 5.97 Å². The summed E-state index contributed by atoms with van der Waals surface area (Å²) in [5.74, 6) is -2.45. The first-order valence-corrected chi connectivity index (χ1v) is 12.6. The van der Waals surface area contributed by atoms with Crippen molar-refractivity contribution in [3.8, 4) is 11.5 Å². The third kappa shape index (κ3) is 3.90. The summed E-state index contributed by atoms with van der Waals surface area (Å²) in [7, 11) is 0. The maximum Gasteiger partial charge on any atom is 0.335 e. The van der Waals surface area contributed by atoms with Crippen molar-refractivity contribution in [2.75, 3.05) is 0 Å². The van der Waals surface area contributed by atoms with Gasteiger partial charge in [0.25, 0.3) is 0 Å². The van der Waals surface area contributed by atoms with E-state index in [4.69, 9.17) is 9.47 Å². The molecule has 2 aromatic rings. The number of hydrogen-bond acceptors (Lipinski definition) is 9. The highest BCUT2D eigenvalue weighted by Gasteiger charge is 2.66. The average molecular weight is 517 g/mol. The maximum atomic E-state index is 12.2. The average Bonchev–Trinajstić information content (AvgIpc) is 2.82. The number of rotatable bonds is 4. The molecule has 2 aromatic carbocycles. The van der Waals surface area contributed by atoms with Gasteiger partial charge in [0.05, 0.1) is 22.1 Å². The predicted molar refractivity (Wildman–Crippen MR) is 130 cm³/mol. The van der Waals surface area contributed by atoms with Crippen LogP contribution in [0.2, 0.25) is 0 Å². The normalized spacial score (nSPS) is 35.5. The maximum absolute atomic E-state index is 12.2. The fraction of sp³-hybridized carbons (Fsp3) is 0.556. The van der Waals surface area contributed by atoms with Gasteiger partial charge in [-0.3, -0.25) is 4.79 Å². The van der Waals surface area contributed by atoms with Crippen molar-refractivity contribution in [1.29, 1.82) is 0 Å². The number of benzene rings is 2. The Morgan fingerprint density at radius 3 is 2.46 bits per heavy atom. The Hall–Kier alpha value is -2.76. The molecular weight excluding hydrogens is 484 g/mol. The van der Waals surface area contributed by atoms with Crippen LogP contribution in [0.25, 0.3) is 10.8 Å². The number of aliphatic hydroxyl groups is 4. The Labute approximate surface area is 213 Å². The van der Waals surface area contributed by atoms with Gasteiger partial charge in [-0.1, -0.05) is 18.9 Å². The van der Waals surface area contributed by atoms with Crippen molar-refractivity contribution in [2.45, 2.75) is 88.2 Å². The molecule has 5 rings (SSSR count). The summed E-state index contributed by atoms with van der Waals surface area (Å²) in [5.41, 5.74) is -3.06. The van der Waals surface area contributed by atoms with E-state index in [2.05, 4.69) is 0 Å². The first-order valence-electron chi connectivity index (χ1n) is 12.6. The van der Waals surface area contributed by atoms with Crippen LogP contribution >= 0.6 is 0 Å². The minimum Gasteiger partial charge on any atom is -0.506 e. The lowest BCUT2D eigenvalue weighted by atomic mass is 9.58. The molecule has 3 aliphatic rings. The number of carbonyl (C=O) groups is 2. The van der Waals surface area contributed by atoms with Crippen LogP contribution in [0, 0.1) is 12.8 Å². The molecule has 37 heavy (non-hydrogen) atoms. The van der Waals surface area contributed by atoms with Crippen LogP contribution in [-0.4, -0.2) is 78.2 Å². The minimum absolute atomic E-state index is 0.0322. The molecule has 2 aliphatic carbocycles. The first kappa shape index (κ1) is 25.9. The molecule has 10 heteroatoms. The number of aliphatic hydroxyl groups excluding tert-OH is 2. The molecule has 1 heterocycles. The van der Waals surface area contributed by atoms with E-state index < -0.39 is 53.3 Å². The van der Waals surface area contributed by atoms with Gasteiger partial charge in [0.2, 0.25) is 6.29 Å². The van der Waals surface area contributed by atoms with Crippen LogP contribution < -0.4 is 4.74 Å². The number of aromatic hydroxyl groups is 1. The smallest absolute Gasteiger partial charge is 0.335 e. The summed E-state index contributed by atoms with van der Waals surface area (Å²) in [4.78, 5) is 24.0. The highest BCUT2D eigenvalue weighted by molar-refractivity contribution is 6.08. The van der Waals surface area contributed by atoms with Crippen molar-refractivity contribution in [3.05, 3.63) is 34.9 Å². The first-order chi connectivity index (χ1) is 17.4. The monoisotopic (exact) mass is 516 g/mol. The largest absolute Gasteiger partial charge is 0.506 e. The second-order valence-electron chi connectivity index (χ2n) is 10.8. The fourth-order valence-corrected chi connectivity index (χ4v) is 6.66. The van der Waals surface area contributed by atoms with Crippen LogP contribution in [0.4, 0.5) is 0 Å². The number of Topliss-reactive ketones (excluding diaryl/α,β-unsaturated/α-hetero) is 1. The second-order valence-corrected chi connectivity index (χ2v) is 10.8. The molecule has 1 saturated heterocycles. The quantitative estimate of drug-likeness (QED) is 0.330. The molecule has 7 atom stereocenters. The van der Waals surface area contributed by atoms with Crippen LogP contribution in [0.5, 0.6) is 11.5 Å². The summed E-state index contributed by atoms with van der Waals surface area (Å²) in [5, 5.41) is 65.8. The van der Waals surface area contributed by atoms with Gasteiger partial charge in [-0.25, -0.2) is 4.79 Å². The summed E-state index contributed by atoms with van der Waals surface area (Å²) in [6.45, 7) is 2.90. The van der Waals surface area contributed by atoms with Gasteiger partial charge in [0.1, 0.15) is 35.4 Å². The molecule has 200 valence electrons. The van der Waals surface area contributed by atoms with Gasteiger partial charge in [0, 0.05) is 0 Å². The highest BCUT2D eigenvalue weighted by atomic mass is 16.7. The van der Waals surface area contributed by atoms with E-state index >= 15 is 0 Å². The predicted octanol–water partition coefficient (Wildman–Crippen LogP) is 2.03. The fourth-order valence-electron chi connectivity index (χ4n) is 6.66. The SMILES string of the molecule is CC(=O)c1c(C)cc2cc(C(=O)O)cc(O[C@H]3O[C@@H]4[C@]5(O)CCCC[C@@H]5CC[C@@]4(O)[C@H](O)[C@H]3O)c2c1O. The Morgan fingerprint density at radius 1 is 1.05 bits per heavy atom. The lowest BCUT2D eigenvalue weighted by Crippen LogP contribution is -2.76. The molecule has 10 nitrogen and oxygen atoms in total. The number of fused-ring (bicyclic) bond motifs is 4. The van der Waals surface area contributed by atoms with E-state index in [0.29, 0.717) is 24.8 Å². The number of ketones is 1. The van der Waals surface area contributed by atoms with Gasteiger partial charge in [0.15, 0.2) is 5.78 Å². The number of phenols is 1. The zero-order valence-electron chi connectivity index (χ0n) is 20.7. The minimum atomic E-state index is -1.91. The number of aromatic carboxylic acids is 1. The molecule has 1 aliphatic heterocycles. The van der Waals surface area contributed by atoms with Crippen molar-refractivity contribution in [3.63, 3.8) is 0 Å². The van der Waals surface area contributed by atoms with E-state index in [1.807, 2.05) is 0 Å². The van der Waals surface area contributed by atoms with Crippen molar-refractivity contribution in [2.24, 2.45) is 5.92 Å². The molecule has 0 spiro atoms. The van der Waals surface area contributed by atoms with E-state index in [9.17, 15) is 40.2 Å². The third-order valence-corrected chi connectivity index (χ3v) is 8.49. The number of phenolic OH excluding ortho intramolecular Hbond substituents is 1. The van der Waals surface area contributed by atoms with E-state index in [1.54, 1.807) is 13.0 Å². The van der Waals surface area contributed by atoms with Gasteiger partial charge in [-0.05, 0) is 68.5 Å². The van der Waals surface area contributed by atoms with Crippen LogP contribution in [0.15, 0.2) is 18.2 Å². The van der Waals surface area contributed by atoms with Crippen LogP contribution in [0.1, 0.15) is 71.7 Å². The lowest BCUT2D eigenvalue weighted by molar-refractivity contribution is -0.361. The van der Waals surface area contributed by atoms with Crippen LogP contribution in [0.3, 0.4) is 0 Å². The van der Waals surface area contributed by atoms with Gasteiger partial charge < -0.3 is 40.1 Å². The lowest BCUT2D eigenvalue weighted by Gasteiger charge is -2.59. The number of aryl methyl sites for hydroxylation is 1. The number of carboxylic acids is 1. The van der Waals surface area contributed by atoms with Crippen molar-refractivity contribution in [1.82, 2.24) is 0 Å². The Bertz CT molecular complexity index is 1270. The molecular formula is C27H32O10. The Balaban J connectivity index is 1.60. The third-order valence-electron chi connectivity index (χ3n) is 8.49. The van der Waals surface area contributed by atoms with E-state index in [0.717, 1.165) is 18.9 Å². The molecule has 3 fully saturated rings. The van der Waals surface area contributed by atoms with Gasteiger partial charge in [-0.15, -0.1) is 0 Å². The number of hydrogen-bond donors (Lipinski definition) is 6. The molecule has 0 unspecified atom stereocenters. The summed E-state index contributed by atoms with van der Waals surface area (Å²) >= 11 is 0. The number of carboxylic acid groups (broad SMARTS) is 1. The molecule has 6 N–H and O–H groups in total. The van der Waals surface area contributed by atoms with Crippen molar-refractivity contribution >= 4 is 22.5 Å². The molecule has 0 aromatic heterocycles. The van der Waals surface area contributed by atoms with Gasteiger partial charge in [-0.2, -0.15) is 0 Å². The zero-order valence-corrected chi connectivity index (χ0v) is 20.7. The standard InChI is InChI=1S/C27H32O10/c1-12-9-14-10-15(23(32)33)11-17(19(14)20(29)18(12)13(2)28)36-24-21(30)22(31)27(35)8-6-16-5-3-4-7-26(16,34)25(27)37-24/h9-11,16,21-22,24-25,29-31,34-35H,3-8H2,1-2H3,(H,32,33)/t16-,21-,22-,24+,25-,26+,27-/m1/s1. The molecule has 2 saturated carbocycles. The molecule has 0 bridgehead atoms. The topological polar surface area (TPSA) is 174 Å². The van der Waals surface area contributed by atoms with E-state index in [1.165, 1.54) is 13.0 Å². The van der Waals surface area contributed by atoms with E-state index in [-0.39, 0.29) is 40.0 Å². The zero-order chi connectivity index (χ0) is 26.9. The number of carbonyl (C=O) groups excluding carboxylic acids is 1. The molecule has 0 amide bonds.